The minimum atomic E-state index is -0.492. The Bertz CT molecular complexity index is 1230. The zero-order chi connectivity index (χ0) is 26.5. The fraction of sp³-hybridized carbons (Fsp3) is 0.345. The molecule has 1 aliphatic heterocycles. The van der Waals surface area contributed by atoms with Gasteiger partial charge in [0.15, 0.2) is 23.0 Å². The smallest absolute Gasteiger partial charge is 0.232 e. The van der Waals surface area contributed by atoms with Gasteiger partial charge in [-0.25, -0.2) is 0 Å². The Morgan fingerprint density at radius 2 is 1.35 bits per heavy atom. The van der Waals surface area contributed by atoms with Crippen molar-refractivity contribution in [2.45, 2.75) is 26.3 Å². The Morgan fingerprint density at radius 3 is 1.86 bits per heavy atom. The highest BCUT2D eigenvalue weighted by Crippen LogP contribution is 2.47. The van der Waals surface area contributed by atoms with E-state index >= 15 is 0 Å². The second-order valence-electron chi connectivity index (χ2n) is 8.36. The fourth-order valence-corrected chi connectivity index (χ4v) is 4.72. The Morgan fingerprint density at radius 1 is 0.757 bits per heavy atom. The zero-order valence-corrected chi connectivity index (χ0v) is 22.1. The van der Waals surface area contributed by atoms with Gasteiger partial charge < -0.3 is 33.3 Å². The third-order valence-electron chi connectivity index (χ3n) is 6.32. The molecule has 0 saturated heterocycles. The predicted octanol–water partition coefficient (Wildman–Crippen LogP) is 5.20. The molecule has 8 nitrogen and oxygen atoms in total. The van der Waals surface area contributed by atoms with Crippen LogP contribution in [0, 0.1) is 0 Å². The average Bonchev–Trinajstić information content (AvgIpc) is 2.92. The highest BCUT2D eigenvalue weighted by atomic mass is 16.5. The van der Waals surface area contributed by atoms with E-state index in [0.29, 0.717) is 47.7 Å². The van der Waals surface area contributed by atoms with Crippen LogP contribution in [-0.2, 0) is 11.2 Å². The maximum Gasteiger partial charge on any atom is 0.232 e. The first-order chi connectivity index (χ1) is 18.0. The van der Waals surface area contributed by atoms with Crippen LogP contribution in [0.2, 0.25) is 0 Å². The summed E-state index contributed by atoms with van der Waals surface area (Å²) < 4.78 is 34.0. The van der Waals surface area contributed by atoms with Crippen LogP contribution >= 0.6 is 0 Å². The largest absolute Gasteiger partial charge is 0.497 e. The lowest BCUT2D eigenvalue weighted by Crippen LogP contribution is -2.41. The number of ether oxygens (including phenoxy) is 6. The summed E-state index contributed by atoms with van der Waals surface area (Å²) in [5.41, 5.74) is 3.34. The minimum Gasteiger partial charge on any atom is -0.497 e. The standard InChI is InChI=1S/C29H33NO7/c1-7-36-23-13-18-16-27(31)30(20-9-11-21(32-3)12-10-20)28(22(18)17-24(23)37-8-2)19-14-25(33-4)29(35-6)26(15-19)34-5/h9-15,17,28H,7-8,16H2,1-6H3. The third-order valence-corrected chi connectivity index (χ3v) is 6.32. The van der Waals surface area contributed by atoms with Crippen molar-refractivity contribution in [3.63, 3.8) is 0 Å². The van der Waals surface area contributed by atoms with Crippen LogP contribution in [0.25, 0.3) is 0 Å². The molecule has 0 N–H and O–H groups in total. The number of methoxy groups -OCH3 is 4. The molecule has 37 heavy (non-hydrogen) atoms. The number of carbonyl (C=O) groups excluding carboxylic acids is 1. The van der Waals surface area contributed by atoms with Crippen LogP contribution in [0.1, 0.15) is 36.6 Å². The number of carbonyl (C=O) groups is 1. The number of benzene rings is 3. The molecular weight excluding hydrogens is 474 g/mol. The molecular formula is C29H33NO7. The van der Waals surface area contributed by atoms with Gasteiger partial charge in [0.2, 0.25) is 11.7 Å². The number of nitrogens with zero attached hydrogens (tertiary/aromatic N) is 1. The van der Waals surface area contributed by atoms with Crippen LogP contribution in [0.15, 0.2) is 48.5 Å². The molecule has 0 aliphatic carbocycles. The molecule has 0 bridgehead atoms. The SMILES string of the molecule is CCOc1cc2c(cc1OCC)C(c1cc(OC)c(OC)c(OC)c1)N(c1ccc(OC)cc1)C(=O)C2. The van der Waals surface area contributed by atoms with Crippen LogP contribution < -0.4 is 33.3 Å². The van der Waals surface area contributed by atoms with Crippen LogP contribution in [-0.4, -0.2) is 47.6 Å². The average molecular weight is 508 g/mol. The van der Waals surface area contributed by atoms with Gasteiger partial charge in [0.05, 0.1) is 54.1 Å². The van der Waals surface area contributed by atoms with Gasteiger partial charge in [0, 0.05) is 5.69 Å². The quantitative estimate of drug-likeness (QED) is 0.374. The summed E-state index contributed by atoms with van der Waals surface area (Å²) in [6.45, 7) is 4.82. The van der Waals surface area contributed by atoms with Gasteiger partial charge in [0.1, 0.15) is 5.75 Å². The highest BCUT2D eigenvalue weighted by Gasteiger charge is 2.37. The molecule has 1 amide bonds. The maximum atomic E-state index is 13.7. The second-order valence-corrected chi connectivity index (χ2v) is 8.36. The molecule has 196 valence electrons. The maximum absolute atomic E-state index is 13.7. The number of anilines is 1. The molecule has 0 radical (unpaired) electrons. The van der Waals surface area contributed by atoms with Gasteiger partial charge in [-0.05, 0) is 79.1 Å². The van der Waals surface area contributed by atoms with Gasteiger partial charge in [-0.1, -0.05) is 0 Å². The molecule has 1 heterocycles. The van der Waals surface area contributed by atoms with Crippen molar-refractivity contribution in [3.8, 4) is 34.5 Å². The molecule has 1 unspecified atom stereocenters. The molecule has 8 heteroatoms. The lowest BCUT2D eigenvalue weighted by Gasteiger charge is -2.38. The summed E-state index contributed by atoms with van der Waals surface area (Å²) in [5.74, 6) is 3.39. The van der Waals surface area contributed by atoms with Crippen molar-refractivity contribution in [2.24, 2.45) is 0 Å². The summed E-state index contributed by atoms with van der Waals surface area (Å²) in [4.78, 5) is 15.5. The van der Waals surface area contributed by atoms with Gasteiger partial charge >= 0.3 is 0 Å². The Labute approximate surface area is 217 Å². The van der Waals surface area contributed by atoms with E-state index in [4.69, 9.17) is 28.4 Å². The van der Waals surface area contributed by atoms with Crippen molar-refractivity contribution in [1.82, 2.24) is 0 Å². The van der Waals surface area contributed by atoms with E-state index in [9.17, 15) is 4.79 Å². The first-order valence-electron chi connectivity index (χ1n) is 12.2. The van der Waals surface area contributed by atoms with Gasteiger partial charge in [0.25, 0.3) is 0 Å². The van der Waals surface area contributed by atoms with Crippen LogP contribution in [0.5, 0.6) is 34.5 Å². The third kappa shape index (κ3) is 4.96. The highest BCUT2D eigenvalue weighted by molar-refractivity contribution is 5.98. The van der Waals surface area contributed by atoms with Crippen LogP contribution in [0.4, 0.5) is 5.69 Å². The molecule has 4 rings (SSSR count). The van der Waals surface area contributed by atoms with Gasteiger partial charge in [-0.15, -0.1) is 0 Å². The van der Waals surface area contributed by atoms with E-state index in [-0.39, 0.29) is 12.3 Å². The van der Waals surface area contributed by atoms with E-state index in [1.54, 1.807) is 33.3 Å². The van der Waals surface area contributed by atoms with Crippen LogP contribution in [0.3, 0.4) is 0 Å². The van der Waals surface area contributed by atoms with E-state index in [2.05, 4.69) is 0 Å². The second kappa shape index (κ2) is 11.3. The van der Waals surface area contributed by atoms with Crippen molar-refractivity contribution in [2.75, 3.05) is 46.6 Å². The van der Waals surface area contributed by atoms with Gasteiger partial charge in [-0.2, -0.15) is 0 Å². The monoisotopic (exact) mass is 507 g/mol. The molecule has 3 aromatic carbocycles. The zero-order valence-electron chi connectivity index (χ0n) is 22.1. The number of amides is 1. The number of hydrogen-bond acceptors (Lipinski definition) is 7. The summed E-state index contributed by atoms with van der Waals surface area (Å²) in [7, 11) is 6.32. The molecule has 0 aromatic heterocycles. The first kappa shape index (κ1) is 26.0. The Balaban J connectivity index is 1.98. The predicted molar refractivity (Wildman–Crippen MR) is 141 cm³/mol. The number of rotatable bonds is 10. The Kier molecular flexibility index (Phi) is 7.96. The van der Waals surface area contributed by atoms with E-state index in [1.165, 1.54) is 0 Å². The summed E-state index contributed by atoms with van der Waals surface area (Å²) >= 11 is 0. The summed E-state index contributed by atoms with van der Waals surface area (Å²) in [6, 6.07) is 14.6. The van der Waals surface area contributed by atoms with Crippen molar-refractivity contribution in [3.05, 3.63) is 65.2 Å². The van der Waals surface area contributed by atoms with E-state index in [1.807, 2.05) is 62.4 Å². The molecule has 0 fully saturated rings. The Hall–Kier alpha value is -4.07. The van der Waals surface area contributed by atoms with Crippen molar-refractivity contribution >= 4 is 11.6 Å². The van der Waals surface area contributed by atoms with E-state index < -0.39 is 6.04 Å². The lowest BCUT2D eigenvalue weighted by molar-refractivity contribution is -0.118. The van der Waals surface area contributed by atoms with E-state index in [0.717, 1.165) is 22.4 Å². The minimum absolute atomic E-state index is 0.0528. The molecule has 1 aliphatic rings. The molecule has 3 aromatic rings. The normalized spacial score (nSPS) is 14.6. The summed E-state index contributed by atoms with van der Waals surface area (Å²) in [5, 5.41) is 0. The first-order valence-corrected chi connectivity index (χ1v) is 12.2. The lowest BCUT2D eigenvalue weighted by atomic mass is 9.86. The topological polar surface area (TPSA) is 75.7 Å². The summed E-state index contributed by atoms with van der Waals surface area (Å²) in [6.07, 6.45) is 0.217. The fourth-order valence-electron chi connectivity index (χ4n) is 4.72. The molecule has 0 spiro atoms. The number of fused-ring (bicyclic) bond motifs is 1. The van der Waals surface area contributed by atoms with Crippen molar-refractivity contribution < 1.29 is 33.2 Å². The van der Waals surface area contributed by atoms with Crippen molar-refractivity contribution in [1.29, 1.82) is 0 Å². The van der Waals surface area contributed by atoms with Gasteiger partial charge in [-0.3, -0.25) is 4.79 Å². The molecule has 0 saturated carbocycles. The number of hydrogen-bond donors (Lipinski definition) is 0. The molecule has 1 atom stereocenters.